The summed E-state index contributed by atoms with van der Waals surface area (Å²) in [6.45, 7) is 2.13. The third-order valence-electron chi connectivity index (χ3n) is 3.94. The van der Waals surface area contributed by atoms with Crippen LogP contribution in [0.5, 0.6) is 0 Å². The van der Waals surface area contributed by atoms with E-state index in [-0.39, 0.29) is 11.8 Å². The molecule has 0 saturated heterocycles. The summed E-state index contributed by atoms with van der Waals surface area (Å²) in [5, 5.41) is 0. The first-order valence-electron chi connectivity index (χ1n) is 8.64. The van der Waals surface area contributed by atoms with Gasteiger partial charge < -0.3 is 4.74 Å². The van der Waals surface area contributed by atoms with Crippen molar-refractivity contribution in [1.82, 2.24) is 0 Å². The summed E-state index contributed by atoms with van der Waals surface area (Å²) < 4.78 is 5.41. The minimum absolute atomic E-state index is 0.0449. The molecule has 1 rings (SSSR count). The van der Waals surface area contributed by atoms with Gasteiger partial charge in [-0.1, -0.05) is 51.5 Å². The monoisotopic (exact) mass is 294 g/mol. The third-order valence-corrected chi connectivity index (χ3v) is 3.94. The van der Waals surface area contributed by atoms with Crippen molar-refractivity contribution in [3.8, 4) is 0 Å². The highest BCUT2D eigenvalue weighted by atomic mass is 16.5. The first-order valence-corrected chi connectivity index (χ1v) is 8.64. The van der Waals surface area contributed by atoms with E-state index in [1.165, 1.54) is 19.3 Å². The van der Waals surface area contributed by atoms with Crippen LogP contribution in [-0.4, -0.2) is 17.9 Å². The molecule has 0 N–H and O–H groups in total. The Bertz CT molecular complexity index is 333. The van der Waals surface area contributed by atoms with Gasteiger partial charge in [0.15, 0.2) is 11.9 Å². The van der Waals surface area contributed by atoms with Crippen LogP contribution < -0.4 is 0 Å². The van der Waals surface area contributed by atoms with Crippen molar-refractivity contribution in [2.45, 2.75) is 90.1 Å². The van der Waals surface area contributed by atoms with Crippen LogP contribution in [-0.2, 0) is 14.3 Å². The SMILES string of the molecule is CCCCCC1OC(=O)CCCCCCCC/C=C/C1=O. The molecular weight excluding hydrogens is 264 g/mol. The summed E-state index contributed by atoms with van der Waals surface area (Å²) in [5.74, 6) is -0.258. The van der Waals surface area contributed by atoms with E-state index in [2.05, 4.69) is 6.92 Å². The Labute approximate surface area is 129 Å². The number of ether oxygens (including phenoxy) is 1. The molecule has 0 amide bonds. The normalized spacial score (nSPS) is 24.1. The zero-order valence-corrected chi connectivity index (χ0v) is 13.4. The smallest absolute Gasteiger partial charge is 0.306 e. The van der Waals surface area contributed by atoms with Crippen LogP contribution in [0.3, 0.4) is 0 Å². The van der Waals surface area contributed by atoms with Crippen LogP contribution in [0.4, 0.5) is 0 Å². The maximum Gasteiger partial charge on any atom is 0.306 e. The minimum Gasteiger partial charge on any atom is -0.454 e. The Hall–Kier alpha value is -1.12. The maximum absolute atomic E-state index is 12.2. The van der Waals surface area contributed by atoms with Gasteiger partial charge in [0.1, 0.15) is 0 Å². The molecule has 1 unspecified atom stereocenters. The summed E-state index contributed by atoms with van der Waals surface area (Å²) in [6, 6.07) is 0. The molecule has 21 heavy (non-hydrogen) atoms. The summed E-state index contributed by atoms with van der Waals surface area (Å²) in [5.41, 5.74) is 0. The summed E-state index contributed by atoms with van der Waals surface area (Å²) in [6.07, 6.45) is 14.9. The molecule has 1 aliphatic rings. The highest BCUT2D eigenvalue weighted by molar-refractivity contribution is 5.94. The third kappa shape index (κ3) is 8.69. The topological polar surface area (TPSA) is 43.4 Å². The summed E-state index contributed by atoms with van der Waals surface area (Å²) >= 11 is 0. The average Bonchev–Trinajstić information content (AvgIpc) is 2.47. The minimum atomic E-state index is -0.566. The van der Waals surface area contributed by atoms with Gasteiger partial charge in [-0.25, -0.2) is 0 Å². The first kappa shape index (κ1) is 17.9. The van der Waals surface area contributed by atoms with Gasteiger partial charge in [-0.15, -0.1) is 0 Å². The molecule has 0 spiro atoms. The first-order chi connectivity index (χ1) is 10.2. The Kier molecular flexibility index (Phi) is 9.84. The number of rotatable bonds is 4. The van der Waals surface area contributed by atoms with Gasteiger partial charge >= 0.3 is 5.97 Å². The van der Waals surface area contributed by atoms with E-state index in [9.17, 15) is 9.59 Å². The predicted octanol–water partition coefficient (Wildman–Crippen LogP) is 4.74. The van der Waals surface area contributed by atoms with Crippen molar-refractivity contribution in [3.63, 3.8) is 0 Å². The molecule has 0 bridgehead atoms. The molecule has 0 aliphatic carbocycles. The molecule has 0 radical (unpaired) electrons. The molecule has 0 aromatic rings. The van der Waals surface area contributed by atoms with Crippen LogP contribution in [0.25, 0.3) is 0 Å². The molecule has 0 saturated carbocycles. The quantitative estimate of drug-likeness (QED) is 0.555. The molecule has 3 heteroatoms. The van der Waals surface area contributed by atoms with Crippen LogP contribution in [0, 0.1) is 0 Å². The lowest BCUT2D eigenvalue weighted by atomic mass is 10.0. The van der Waals surface area contributed by atoms with Gasteiger partial charge in [-0.05, 0) is 38.2 Å². The standard InChI is InChI=1S/C18H30O3/c1-2-3-10-14-17-16(19)13-11-8-6-4-5-7-9-12-15-18(20)21-17/h11,13,17H,2-10,12,14-15H2,1H3/b13-11+. The fourth-order valence-corrected chi connectivity index (χ4v) is 2.60. The molecule has 0 aromatic heterocycles. The zero-order chi connectivity index (χ0) is 15.3. The molecular formula is C18H30O3. The molecule has 120 valence electrons. The molecule has 0 aromatic carbocycles. The molecule has 1 heterocycles. The van der Waals surface area contributed by atoms with Crippen molar-refractivity contribution in [2.24, 2.45) is 0 Å². The Morgan fingerprint density at radius 3 is 2.52 bits per heavy atom. The van der Waals surface area contributed by atoms with Crippen molar-refractivity contribution >= 4 is 11.8 Å². The van der Waals surface area contributed by atoms with E-state index in [0.29, 0.717) is 12.8 Å². The Balaban J connectivity index is 2.57. The molecule has 0 fully saturated rings. The van der Waals surface area contributed by atoms with Crippen molar-refractivity contribution in [2.75, 3.05) is 0 Å². The molecule has 1 aliphatic heterocycles. The predicted molar refractivity (Wildman–Crippen MR) is 85.1 cm³/mol. The summed E-state index contributed by atoms with van der Waals surface area (Å²) in [7, 11) is 0. The highest BCUT2D eigenvalue weighted by Crippen LogP contribution is 2.14. The lowest BCUT2D eigenvalue weighted by Gasteiger charge is -2.15. The van der Waals surface area contributed by atoms with Gasteiger partial charge in [-0.3, -0.25) is 9.59 Å². The van der Waals surface area contributed by atoms with E-state index < -0.39 is 6.10 Å². The van der Waals surface area contributed by atoms with Gasteiger partial charge in [-0.2, -0.15) is 0 Å². The Morgan fingerprint density at radius 1 is 1.05 bits per heavy atom. The fraction of sp³-hybridized carbons (Fsp3) is 0.778. The van der Waals surface area contributed by atoms with Crippen LogP contribution >= 0.6 is 0 Å². The largest absolute Gasteiger partial charge is 0.454 e. The van der Waals surface area contributed by atoms with E-state index in [1.807, 2.05) is 6.08 Å². The number of hydrogen-bond acceptors (Lipinski definition) is 3. The van der Waals surface area contributed by atoms with Crippen LogP contribution in [0.2, 0.25) is 0 Å². The van der Waals surface area contributed by atoms with E-state index in [0.717, 1.165) is 44.9 Å². The van der Waals surface area contributed by atoms with Crippen molar-refractivity contribution in [3.05, 3.63) is 12.2 Å². The Morgan fingerprint density at radius 2 is 1.76 bits per heavy atom. The van der Waals surface area contributed by atoms with E-state index in [1.54, 1.807) is 6.08 Å². The van der Waals surface area contributed by atoms with Crippen molar-refractivity contribution in [1.29, 1.82) is 0 Å². The van der Waals surface area contributed by atoms with Crippen molar-refractivity contribution < 1.29 is 14.3 Å². The number of unbranched alkanes of at least 4 members (excludes halogenated alkanes) is 2. The number of carbonyl (C=O) groups is 2. The molecule has 3 nitrogen and oxygen atoms in total. The number of esters is 1. The second-order valence-corrected chi connectivity index (χ2v) is 5.94. The lowest BCUT2D eigenvalue weighted by Crippen LogP contribution is -2.26. The highest BCUT2D eigenvalue weighted by Gasteiger charge is 2.20. The lowest BCUT2D eigenvalue weighted by molar-refractivity contribution is -0.154. The number of ketones is 1. The molecule has 1 atom stereocenters. The zero-order valence-electron chi connectivity index (χ0n) is 13.4. The van der Waals surface area contributed by atoms with E-state index >= 15 is 0 Å². The van der Waals surface area contributed by atoms with Gasteiger partial charge in [0.2, 0.25) is 0 Å². The number of cyclic esters (lactones) is 1. The van der Waals surface area contributed by atoms with Gasteiger partial charge in [0.25, 0.3) is 0 Å². The second-order valence-electron chi connectivity index (χ2n) is 5.94. The number of hydrogen-bond donors (Lipinski definition) is 0. The second kappa shape index (κ2) is 11.5. The van der Waals surface area contributed by atoms with Gasteiger partial charge in [0, 0.05) is 6.42 Å². The average molecular weight is 294 g/mol. The number of allylic oxidation sites excluding steroid dienone is 1. The van der Waals surface area contributed by atoms with E-state index in [4.69, 9.17) is 4.74 Å². The number of carbonyl (C=O) groups excluding carboxylic acids is 2. The summed E-state index contributed by atoms with van der Waals surface area (Å²) in [4.78, 5) is 24.0. The van der Waals surface area contributed by atoms with Crippen LogP contribution in [0.1, 0.15) is 84.0 Å². The van der Waals surface area contributed by atoms with Gasteiger partial charge in [0.05, 0.1) is 0 Å². The maximum atomic E-state index is 12.2. The fourth-order valence-electron chi connectivity index (χ4n) is 2.60. The van der Waals surface area contributed by atoms with Crippen LogP contribution in [0.15, 0.2) is 12.2 Å².